The summed E-state index contributed by atoms with van der Waals surface area (Å²) in [5, 5.41) is 46.9. The summed E-state index contributed by atoms with van der Waals surface area (Å²) in [5.41, 5.74) is -3.25. The van der Waals surface area contributed by atoms with Gasteiger partial charge in [0.25, 0.3) is 0 Å². The van der Waals surface area contributed by atoms with Gasteiger partial charge in [-0.1, -0.05) is 90.9 Å². The number of hydrogen-bond acceptors (Lipinski definition) is 7. The molecule has 0 heterocycles. The lowest BCUT2D eigenvalue weighted by Crippen LogP contribution is -2.55. The van der Waals surface area contributed by atoms with Crippen LogP contribution in [0.3, 0.4) is 0 Å². The number of carboxylic acid groups (broad SMARTS) is 3. The van der Waals surface area contributed by atoms with Crippen LogP contribution in [0.2, 0.25) is 0 Å². The fourth-order valence-electron chi connectivity index (χ4n) is 4.24. The van der Waals surface area contributed by atoms with E-state index < -0.39 is 47.7 Å². The van der Waals surface area contributed by atoms with Crippen LogP contribution >= 0.6 is 0 Å². The largest absolute Gasteiger partial charge is 0.481 e. The molecule has 10 heteroatoms. The Morgan fingerprint density at radius 1 is 0.735 bits per heavy atom. The fraction of sp³-hybridized carbons (Fsp3) is 0.833. The second kappa shape index (κ2) is 17.3. The van der Waals surface area contributed by atoms with Gasteiger partial charge in [-0.15, -0.1) is 0 Å². The molecule has 0 aliphatic carbocycles. The lowest BCUT2D eigenvalue weighted by molar-refractivity contribution is -0.249. The number of aliphatic hydroxyl groups is 1. The smallest absolute Gasteiger partial charge is 0.349 e. The Morgan fingerprint density at radius 2 is 1.15 bits per heavy atom. The first-order valence-electron chi connectivity index (χ1n) is 12.2. The van der Waals surface area contributed by atoms with Crippen molar-refractivity contribution in [3.05, 3.63) is 0 Å². The summed E-state index contributed by atoms with van der Waals surface area (Å²) < 4.78 is 0. The van der Waals surface area contributed by atoms with Gasteiger partial charge in [0.2, 0.25) is 0 Å². The van der Waals surface area contributed by atoms with Crippen molar-refractivity contribution in [3.63, 3.8) is 0 Å². The van der Waals surface area contributed by atoms with Crippen LogP contribution in [0.1, 0.15) is 104 Å². The van der Waals surface area contributed by atoms with E-state index in [-0.39, 0.29) is 6.42 Å². The van der Waals surface area contributed by atoms with Gasteiger partial charge in [-0.3, -0.25) is 9.59 Å². The van der Waals surface area contributed by atoms with Crippen molar-refractivity contribution in [3.8, 4) is 0 Å². The van der Waals surface area contributed by atoms with E-state index in [9.17, 15) is 34.5 Å². The van der Waals surface area contributed by atoms with E-state index in [2.05, 4.69) is 18.7 Å². The number of carboxylic acids is 3. The molecule has 0 bridgehead atoms. The van der Waals surface area contributed by atoms with E-state index in [1.807, 2.05) is 0 Å². The molecule has 0 aromatic rings. The molecule has 0 aliphatic heterocycles. The molecule has 0 amide bonds. The molecule has 0 saturated carbocycles. The fourth-order valence-corrected chi connectivity index (χ4v) is 4.24. The minimum atomic E-state index is -3.25. The van der Waals surface area contributed by atoms with E-state index in [0.717, 1.165) is 31.6 Å². The molecule has 0 spiro atoms. The Hall–Kier alpha value is -2.20. The molecule has 3 atom stereocenters. The topological polar surface area (TPSA) is 179 Å². The summed E-state index contributed by atoms with van der Waals surface area (Å²) in [6, 6.07) is 0. The summed E-state index contributed by atoms with van der Waals surface area (Å²) in [6.45, 7) is 4.47. The monoisotopic (exact) mass is 490 g/mol. The maximum Gasteiger partial charge on any atom is 0.349 e. The third-order valence-corrected chi connectivity index (χ3v) is 6.17. The number of carbonyl (C=O) groups excluding carboxylic acids is 1. The van der Waals surface area contributed by atoms with Gasteiger partial charge in [0.05, 0.1) is 12.3 Å². The van der Waals surface area contributed by atoms with E-state index in [0.29, 0.717) is 12.8 Å². The number of carbonyl (C=O) groups is 4. The van der Waals surface area contributed by atoms with Crippen LogP contribution in [0.15, 0.2) is 0 Å². The SMILES string of the molecule is CC(C)CCCCCCCCCCCCCC(C(=O)O)C(C(=O)OO)C(O)(CC(=O)O)C(=O)O. The van der Waals surface area contributed by atoms with Crippen molar-refractivity contribution in [2.24, 2.45) is 17.8 Å². The summed E-state index contributed by atoms with van der Waals surface area (Å²) in [5.74, 6) is -10.4. The average Bonchev–Trinajstić information content (AvgIpc) is 2.74. The van der Waals surface area contributed by atoms with Gasteiger partial charge < -0.3 is 25.3 Å². The maximum absolute atomic E-state index is 12.0. The van der Waals surface area contributed by atoms with E-state index >= 15 is 0 Å². The minimum absolute atomic E-state index is 0.180. The van der Waals surface area contributed by atoms with Crippen LogP contribution in [-0.4, -0.2) is 55.2 Å². The van der Waals surface area contributed by atoms with E-state index in [4.69, 9.17) is 10.4 Å². The zero-order chi connectivity index (χ0) is 26.1. The van der Waals surface area contributed by atoms with Crippen molar-refractivity contribution in [2.45, 2.75) is 109 Å². The standard InChI is InChI=1S/C24H42O10/c1-17(2)14-12-10-8-6-4-3-5-7-9-11-13-15-18(21(27)28)20(22(29)34-33)24(32,23(30)31)16-19(25)26/h17-18,20,32-33H,3-16H2,1-2H3,(H,25,26)(H,27,28)(H,30,31). The molecular formula is C24H42O10. The van der Waals surface area contributed by atoms with Crippen LogP contribution in [0.4, 0.5) is 0 Å². The van der Waals surface area contributed by atoms with Crippen LogP contribution in [0, 0.1) is 17.8 Å². The minimum Gasteiger partial charge on any atom is -0.481 e. The first-order valence-corrected chi connectivity index (χ1v) is 12.2. The quantitative estimate of drug-likeness (QED) is 0.0882. The molecule has 0 aromatic carbocycles. The predicted octanol–water partition coefficient (Wildman–Crippen LogP) is 4.34. The predicted molar refractivity (Wildman–Crippen MR) is 123 cm³/mol. The molecule has 0 radical (unpaired) electrons. The number of aliphatic carboxylic acids is 3. The summed E-state index contributed by atoms with van der Waals surface area (Å²) in [6.07, 6.45) is 10.8. The van der Waals surface area contributed by atoms with Gasteiger partial charge in [-0.2, -0.15) is 5.26 Å². The Bertz CT molecular complexity index is 633. The van der Waals surface area contributed by atoms with Crippen molar-refractivity contribution >= 4 is 23.9 Å². The van der Waals surface area contributed by atoms with Gasteiger partial charge in [0.15, 0.2) is 5.60 Å². The van der Waals surface area contributed by atoms with Crippen LogP contribution in [0.25, 0.3) is 0 Å². The molecule has 198 valence electrons. The van der Waals surface area contributed by atoms with Gasteiger partial charge in [0.1, 0.15) is 5.92 Å². The number of unbranched alkanes of at least 4 members (excludes halogenated alkanes) is 10. The number of rotatable bonds is 21. The molecule has 34 heavy (non-hydrogen) atoms. The van der Waals surface area contributed by atoms with Gasteiger partial charge in [0, 0.05) is 0 Å². The Labute approximate surface area is 201 Å². The van der Waals surface area contributed by atoms with Crippen molar-refractivity contribution < 1.29 is 49.7 Å². The third-order valence-electron chi connectivity index (χ3n) is 6.17. The van der Waals surface area contributed by atoms with E-state index in [1.165, 1.54) is 38.5 Å². The van der Waals surface area contributed by atoms with Gasteiger partial charge in [-0.25, -0.2) is 9.59 Å². The molecule has 0 rings (SSSR count). The van der Waals surface area contributed by atoms with E-state index in [1.54, 1.807) is 0 Å². The highest BCUT2D eigenvalue weighted by molar-refractivity contribution is 5.92. The maximum atomic E-state index is 12.0. The second-order valence-electron chi connectivity index (χ2n) is 9.49. The highest BCUT2D eigenvalue weighted by Crippen LogP contribution is 2.34. The molecule has 0 aliphatic rings. The summed E-state index contributed by atoms with van der Waals surface area (Å²) in [4.78, 5) is 49.8. The Morgan fingerprint density at radius 3 is 1.47 bits per heavy atom. The highest BCUT2D eigenvalue weighted by Gasteiger charge is 2.56. The zero-order valence-corrected chi connectivity index (χ0v) is 20.4. The first-order chi connectivity index (χ1) is 16.0. The molecule has 10 nitrogen and oxygen atoms in total. The molecule has 3 unspecified atom stereocenters. The number of hydrogen-bond donors (Lipinski definition) is 5. The summed E-state index contributed by atoms with van der Waals surface area (Å²) >= 11 is 0. The normalized spacial score (nSPS) is 14.9. The highest BCUT2D eigenvalue weighted by atomic mass is 17.1. The van der Waals surface area contributed by atoms with Gasteiger partial charge in [-0.05, 0) is 12.3 Å². The van der Waals surface area contributed by atoms with Crippen molar-refractivity contribution in [2.75, 3.05) is 0 Å². The second-order valence-corrected chi connectivity index (χ2v) is 9.49. The van der Waals surface area contributed by atoms with Crippen molar-refractivity contribution in [1.29, 1.82) is 0 Å². The average molecular weight is 491 g/mol. The van der Waals surface area contributed by atoms with Crippen molar-refractivity contribution in [1.82, 2.24) is 0 Å². The van der Waals surface area contributed by atoms with Crippen LogP contribution in [-0.2, 0) is 24.1 Å². The lowest BCUT2D eigenvalue weighted by Gasteiger charge is -2.32. The summed E-state index contributed by atoms with van der Waals surface area (Å²) in [7, 11) is 0. The molecule has 0 aromatic heterocycles. The third kappa shape index (κ3) is 12.3. The molecule has 5 N–H and O–H groups in total. The molecular weight excluding hydrogens is 448 g/mol. The molecule has 0 fully saturated rings. The van der Waals surface area contributed by atoms with Crippen LogP contribution in [0.5, 0.6) is 0 Å². The molecule has 0 saturated heterocycles. The zero-order valence-electron chi connectivity index (χ0n) is 20.4. The first kappa shape index (κ1) is 31.8. The Kier molecular flexibility index (Phi) is 16.1. The van der Waals surface area contributed by atoms with Crippen LogP contribution < -0.4 is 0 Å². The lowest BCUT2D eigenvalue weighted by atomic mass is 9.74. The Balaban J connectivity index is 4.55. The van der Waals surface area contributed by atoms with Gasteiger partial charge >= 0.3 is 23.9 Å².